The summed E-state index contributed by atoms with van der Waals surface area (Å²) in [6.45, 7) is 1.71. The Balaban J connectivity index is 1.83. The molecule has 8 heteroatoms. The molecule has 1 aromatic rings. The third kappa shape index (κ3) is 1.81. The fourth-order valence-electron chi connectivity index (χ4n) is 4.75. The summed E-state index contributed by atoms with van der Waals surface area (Å²) in [6.07, 6.45) is 0.192. The molecule has 0 unspecified atom stereocenters. The number of benzene rings is 1. The zero-order valence-corrected chi connectivity index (χ0v) is 15.0. The number of hydrogen-bond acceptors (Lipinski definition) is 8. The Hall–Kier alpha value is -2.39. The first kappa shape index (κ1) is 17.7. The molecule has 3 heterocycles. The lowest BCUT2D eigenvalue weighted by molar-refractivity contribution is -0.379. The molecule has 1 spiro atoms. The van der Waals surface area contributed by atoms with Crippen molar-refractivity contribution in [2.75, 3.05) is 0 Å². The van der Waals surface area contributed by atoms with Gasteiger partial charge in [0, 0.05) is 11.1 Å². The molecule has 0 aromatic heterocycles. The van der Waals surface area contributed by atoms with Gasteiger partial charge in [0.2, 0.25) is 28.6 Å². The Labute approximate surface area is 159 Å². The molecule has 5 rings (SSSR count). The van der Waals surface area contributed by atoms with Crippen molar-refractivity contribution >= 4 is 17.5 Å². The predicted octanol–water partition coefficient (Wildman–Crippen LogP) is 0.303. The summed E-state index contributed by atoms with van der Waals surface area (Å²) in [4.78, 5) is 38.8. The van der Waals surface area contributed by atoms with Crippen LogP contribution in [0.15, 0.2) is 36.4 Å². The van der Waals surface area contributed by atoms with E-state index in [4.69, 9.17) is 14.2 Å². The number of ether oxygens (including phenoxy) is 3. The van der Waals surface area contributed by atoms with Crippen LogP contribution in [0.3, 0.4) is 0 Å². The van der Waals surface area contributed by atoms with E-state index in [1.807, 2.05) is 0 Å². The first-order valence-corrected chi connectivity index (χ1v) is 9.11. The van der Waals surface area contributed by atoms with Crippen molar-refractivity contribution in [1.82, 2.24) is 0 Å². The molecule has 4 aliphatic rings. The Morgan fingerprint density at radius 1 is 1.04 bits per heavy atom. The lowest BCUT2D eigenvalue weighted by Crippen LogP contribution is -2.85. The van der Waals surface area contributed by atoms with Gasteiger partial charge in [0.05, 0.1) is 12.5 Å². The van der Waals surface area contributed by atoms with Gasteiger partial charge in [-0.3, -0.25) is 14.4 Å². The second-order valence-electron chi connectivity index (χ2n) is 7.69. The number of ketones is 2. The Morgan fingerprint density at radius 3 is 2.39 bits per heavy atom. The molecule has 6 atom stereocenters. The second kappa shape index (κ2) is 5.36. The van der Waals surface area contributed by atoms with Gasteiger partial charge in [0.25, 0.3) is 0 Å². The molecule has 0 amide bonds. The number of aliphatic hydroxyl groups is 2. The molecular weight excluding hydrogens is 368 g/mol. The van der Waals surface area contributed by atoms with Crippen LogP contribution in [-0.4, -0.2) is 63.0 Å². The van der Waals surface area contributed by atoms with Crippen LogP contribution in [0.25, 0.3) is 0 Å². The summed E-state index contributed by atoms with van der Waals surface area (Å²) in [6, 6.07) is 5.88. The highest BCUT2D eigenvalue weighted by Gasteiger charge is 2.82. The van der Waals surface area contributed by atoms with Crippen molar-refractivity contribution in [2.45, 2.75) is 55.1 Å². The van der Waals surface area contributed by atoms with Gasteiger partial charge in [-0.25, -0.2) is 0 Å². The summed E-state index contributed by atoms with van der Waals surface area (Å²) in [5.74, 6) is -4.66. The van der Waals surface area contributed by atoms with Crippen LogP contribution in [0.4, 0.5) is 0 Å². The van der Waals surface area contributed by atoms with Crippen LogP contribution in [-0.2, 0) is 19.0 Å². The molecule has 146 valence electrons. The zero-order valence-electron chi connectivity index (χ0n) is 15.0. The quantitative estimate of drug-likeness (QED) is 0.483. The van der Waals surface area contributed by atoms with Crippen molar-refractivity contribution in [1.29, 1.82) is 0 Å². The van der Waals surface area contributed by atoms with Gasteiger partial charge in [-0.15, -0.1) is 0 Å². The van der Waals surface area contributed by atoms with Gasteiger partial charge < -0.3 is 24.4 Å². The number of carbonyl (C=O) groups excluding carboxylic acids is 3. The topological polar surface area (TPSA) is 119 Å². The maximum atomic E-state index is 13.5. The summed E-state index contributed by atoms with van der Waals surface area (Å²) in [5, 5.41) is 23.4. The van der Waals surface area contributed by atoms with Gasteiger partial charge in [-0.2, -0.15) is 0 Å². The molecule has 0 radical (unpaired) electrons. The van der Waals surface area contributed by atoms with Crippen LogP contribution >= 0.6 is 0 Å². The number of rotatable bonds is 0. The molecule has 2 N–H and O–H groups in total. The van der Waals surface area contributed by atoms with Crippen LogP contribution in [0.2, 0.25) is 0 Å². The van der Waals surface area contributed by atoms with Gasteiger partial charge in [0.1, 0.15) is 6.10 Å². The smallest absolute Gasteiger partial charge is 0.309 e. The summed E-state index contributed by atoms with van der Waals surface area (Å²) < 4.78 is 17.0. The van der Waals surface area contributed by atoms with Crippen LogP contribution in [0.5, 0.6) is 0 Å². The standard InChI is InChI=1S/C20H18O8/c1-10-5-4-8-18(27-10)20(25)16(23)12-7-3-2-6-11(12)15(22)19(20,24)17-13(28-18)9-14(21)26-17/h2-4,6-8,10,13,17,24-25H,5,9H2,1H3/t10-,13+,17+,18+,19-,20-/m1/s1. The van der Waals surface area contributed by atoms with Crippen LogP contribution in [0, 0.1) is 0 Å². The highest BCUT2D eigenvalue weighted by Crippen LogP contribution is 2.55. The summed E-state index contributed by atoms with van der Waals surface area (Å²) in [7, 11) is 0. The highest BCUT2D eigenvalue weighted by atomic mass is 16.7. The van der Waals surface area contributed by atoms with Gasteiger partial charge >= 0.3 is 5.97 Å². The molecule has 28 heavy (non-hydrogen) atoms. The number of Topliss-reactive ketones (excluding diaryl/α,β-unsaturated/α-hetero) is 2. The Kier molecular flexibility index (Phi) is 3.38. The van der Waals surface area contributed by atoms with E-state index in [0.29, 0.717) is 6.42 Å². The lowest BCUT2D eigenvalue weighted by atomic mass is 9.59. The molecule has 2 fully saturated rings. The monoisotopic (exact) mass is 386 g/mol. The first-order chi connectivity index (χ1) is 13.2. The summed E-state index contributed by atoms with van der Waals surface area (Å²) in [5.41, 5.74) is -5.69. The molecule has 0 bridgehead atoms. The maximum Gasteiger partial charge on any atom is 0.309 e. The van der Waals surface area contributed by atoms with E-state index in [2.05, 4.69) is 0 Å². The number of esters is 1. The van der Waals surface area contributed by atoms with E-state index in [9.17, 15) is 24.6 Å². The largest absolute Gasteiger partial charge is 0.456 e. The van der Waals surface area contributed by atoms with E-state index >= 15 is 0 Å². The minimum absolute atomic E-state index is 0.0498. The van der Waals surface area contributed by atoms with Crippen molar-refractivity contribution in [3.05, 3.63) is 47.5 Å². The van der Waals surface area contributed by atoms with Crippen molar-refractivity contribution < 1.29 is 38.8 Å². The fourth-order valence-corrected chi connectivity index (χ4v) is 4.75. The van der Waals surface area contributed by atoms with Gasteiger partial charge in [0.15, 0.2) is 6.10 Å². The van der Waals surface area contributed by atoms with Crippen LogP contribution < -0.4 is 0 Å². The van der Waals surface area contributed by atoms with Gasteiger partial charge in [-0.05, 0) is 19.4 Å². The normalized spacial score (nSPS) is 44.1. The average molecular weight is 386 g/mol. The van der Waals surface area contributed by atoms with E-state index < -0.39 is 52.8 Å². The Morgan fingerprint density at radius 2 is 1.71 bits per heavy atom. The highest BCUT2D eigenvalue weighted by molar-refractivity contribution is 6.23. The molecule has 8 nitrogen and oxygen atoms in total. The number of carbonyl (C=O) groups is 3. The minimum Gasteiger partial charge on any atom is -0.456 e. The van der Waals surface area contributed by atoms with Gasteiger partial charge in [-0.1, -0.05) is 30.3 Å². The van der Waals surface area contributed by atoms with Crippen molar-refractivity contribution in [3.8, 4) is 0 Å². The SMILES string of the molecule is C[C@@H]1CC=C[C@]2(O1)O[C@H]1CC(=O)O[C@@H]1[C@]1(O)C(=O)c3ccccc3C(=O)[C@@]21O. The van der Waals surface area contributed by atoms with E-state index in [-0.39, 0.29) is 17.5 Å². The predicted molar refractivity (Wildman–Crippen MR) is 91.4 cm³/mol. The summed E-state index contributed by atoms with van der Waals surface area (Å²) >= 11 is 0. The lowest BCUT2D eigenvalue weighted by Gasteiger charge is -2.59. The Bertz CT molecular complexity index is 953. The molecule has 0 saturated carbocycles. The zero-order chi connectivity index (χ0) is 19.9. The van der Waals surface area contributed by atoms with E-state index in [1.165, 1.54) is 18.2 Å². The minimum atomic E-state index is -2.83. The van der Waals surface area contributed by atoms with Crippen molar-refractivity contribution in [2.24, 2.45) is 0 Å². The third-order valence-corrected chi connectivity index (χ3v) is 6.03. The number of fused-ring (bicyclic) bond motifs is 5. The first-order valence-electron chi connectivity index (χ1n) is 9.11. The molecular formula is C20H18O8. The third-order valence-electron chi connectivity index (χ3n) is 6.03. The number of hydrogen-bond donors (Lipinski definition) is 2. The van der Waals surface area contributed by atoms with E-state index in [0.717, 1.165) is 0 Å². The van der Waals surface area contributed by atoms with Crippen molar-refractivity contribution in [3.63, 3.8) is 0 Å². The molecule has 3 aliphatic heterocycles. The molecule has 1 aromatic carbocycles. The van der Waals surface area contributed by atoms with Crippen LogP contribution in [0.1, 0.15) is 40.5 Å². The second-order valence-corrected chi connectivity index (χ2v) is 7.69. The maximum absolute atomic E-state index is 13.5. The molecule has 1 aliphatic carbocycles. The average Bonchev–Trinajstić information content (AvgIpc) is 3.04. The fraction of sp³-hybridized carbons (Fsp3) is 0.450. The molecule has 2 saturated heterocycles. The van der Waals surface area contributed by atoms with E-state index in [1.54, 1.807) is 25.1 Å².